The van der Waals surface area contributed by atoms with Crippen molar-refractivity contribution in [1.82, 2.24) is 5.32 Å². The molecule has 0 aliphatic heterocycles. The Hall–Kier alpha value is -0.640. The highest BCUT2D eigenvalue weighted by Crippen LogP contribution is 1.92. The number of hydrogen-bond donors (Lipinski definition) is 2. The Labute approximate surface area is 70.9 Å². The number of thioether (sulfide) groups is 1. The van der Waals surface area contributed by atoms with Gasteiger partial charge in [-0.2, -0.15) is 11.8 Å². The van der Waals surface area contributed by atoms with Gasteiger partial charge in [-0.05, 0) is 18.4 Å². The van der Waals surface area contributed by atoms with Crippen molar-refractivity contribution in [2.24, 2.45) is 0 Å². The molecule has 0 heterocycles. The number of carboxylic acids is 1. The van der Waals surface area contributed by atoms with Crippen molar-refractivity contribution >= 4 is 17.7 Å². The zero-order chi connectivity index (χ0) is 8.53. The lowest BCUT2D eigenvalue weighted by molar-refractivity contribution is -0.131. The first kappa shape index (κ1) is 10.4. The minimum atomic E-state index is -0.914. The van der Waals surface area contributed by atoms with Crippen molar-refractivity contribution in [2.45, 2.75) is 6.42 Å². The molecule has 0 fully saturated rings. The maximum Gasteiger partial charge on any atom is 0.329 e. The molecule has 0 saturated carbocycles. The molecule has 0 aromatic rings. The summed E-state index contributed by atoms with van der Waals surface area (Å²) in [6, 6.07) is 0. The van der Waals surface area contributed by atoms with E-state index in [4.69, 9.17) is 5.11 Å². The summed E-state index contributed by atoms with van der Waals surface area (Å²) in [4.78, 5) is 9.96. The molecule has 2 N–H and O–H groups in total. The van der Waals surface area contributed by atoms with Gasteiger partial charge in [0.1, 0.15) is 0 Å². The second kappa shape index (κ2) is 7.47. The number of carbonyl (C=O) groups is 1. The zero-order valence-corrected chi connectivity index (χ0v) is 7.36. The average molecular weight is 175 g/mol. The predicted molar refractivity (Wildman–Crippen MR) is 47.8 cm³/mol. The van der Waals surface area contributed by atoms with Crippen molar-refractivity contribution in [3.63, 3.8) is 0 Å². The van der Waals surface area contributed by atoms with E-state index in [1.54, 1.807) is 11.8 Å². The standard InChI is InChI=1S/C7H13NO2S/c1-11-6-2-4-8-5-3-7(9)10/h3,5,8H,2,4,6H2,1H3,(H,9,10)/b5-3+. The van der Waals surface area contributed by atoms with Gasteiger partial charge < -0.3 is 10.4 Å². The van der Waals surface area contributed by atoms with Crippen molar-refractivity contribution in [3.8, 4) is 0 Å². The fourth-order valence-electron chi connectivity index (χ4n) is 0.532. The average Bonchev–Trinajstić information content (AvgIpc) is 1.96. The normalized spacial score (nSPS) is 10.3. The molecule has 0 aliphatic rings. The van der Waals surface area contributed by atoms with Gasteiger partial charge in [-0.15, -0.1) is 0 Å². The van der Waals surface area contributed by atoms with Crippen LogP contribution in [0.1, 0.15) is 6.42 Å². The number of hydrogen-bond acceptors (Lipinski definition) is 3. The van der Waals surface area contributed by atoms with Crippen LogP contribution in [0.3, 0.4) is 0 Å². The molecule has 0 aliphatic carbocycles. The van der Waals surface area contributed by atoms with Gasteiger partial charge >= 0.3 is 5.97 Å². The summed E-state index contributed by atoms with van der Waals surface area (Å²) in [7, 11) is 0. The van der Waals surface area contributed by atoms with Gasteiger partial charge in [0, 0.05) is 18.8 Å². The number of carboxylic acid groups (broad SMARTS) is 1. The second-order valence-corrected chi connectivity index (χ2v) is 2.96. The lowest BCUT2D eigenvalue weighted by Gasteiger charge is -1.96. The van der Waals surface area contributed by atoms with Gasteiger partial charge in [0.2, 0.25) is 0 Å². The van der Waals surface area contributed by atoms with Crippen LogP contribution < -0.4 is 5.32 Å². The molecule has 3 nitrogen and oxygen atoms in total. The van der Waals surface area contributed by atoms with Gasteiger partial charge in [-0.3, -0.25) is 0 Å². The fraction of sp³-hybridized carbons (Fsp3) is 0.571. The Morgan fingerprint density at radius 1 is 1.73 bits per heavy atom. The maximum absolute atomic E-state index is 9.96. The van der Waals surface area contributed by atoms with Gasteiger partial charge in [-0.1, -0.05) is 0 Å². The quantitative estimate of drug-likeness (QED) is 0.465. The Morgan fingerprint density at radius 3 is 3.00 bits per heavy atom. The topological polar surface area (TPSA) is 49.3 Å². The third-order valence-electron chi connectivity index (χ3n) is 1.01. The third-order valence-corrected chi connectivity index (χ3v) is 1.71. The summed E-state index contributed by atoms with van der Waals surface area (Å²) in [6.45, 7) is 0.838. The predicted octanol–water partition coefficient (Wildman–Crippen LogP) is 0.927. The zero-order valence-electron chi connectivity index (χ0n) is 6.54. The highest BCUT2D eigenvalue weighted by molar-refractivity contribution is 7.98. The van der Waals surface area contributed by atoms with Gasteiger partial charge in [-0.25, -0.2) is 4.79 Å². The molecule has 11 heavy (non-hydrogen) atoms. The number of aliphatic carboxylic acids is 1. The first-order valence-electron chi connectivity index (χ1n) is 3.39. The largest absolute Gasteiger partial charge is 0.478 e. The molecular weight excluding hydrogens is 162 g/mol. The van der Waals surface area contributed by atoms with E-state index in [1.165, 1.54) is 6.20 Å². The first-order chi connectivity index (χ1) is 5.27. The van der Waals surface area contributed by atoms with E-state index < -0.39 is 5.97 Å². The summed E-state index contributed by atoms with van der Waals surface area (Å²) in [5.41, 5.74) is 0. The minimum absolute atomic E-state index is 0.838. The molecule has 0 rings (SSSR count). The van der Waals surface area contributed by atoms with Gasteiger partial charge in [0.25, 0.3) is 0 Å². The van der Waals surface area contributed by atoms with Gasteiger partial charge in [0.15, 0.2) is 0 Å². The summed E-state index contributed by atoms with van der Waals surface area (Å²) in [5.74, 6) is 0.191. The van der Waals surface area contributed by atoms with E-state index >= 15 is 0 Å². The number of nitrogens with one attached hydrogen (secondary N) is 1. The van der Waals surface area contributed by atoms with Crippen LogP contribution >= 0.6 is 11.8 Å². The van der Waals surface area contributed by atoms with Crippen molar-refractivity contribution in [3.05, 3.63) is 12.3 Å². The lowest BCUT2D eigenvalue weighted by Crippen LogP contribution is -2.08. The molecule has 0 radical (unpaired) electrons. The first-order valence-corrected chi connectivity index (χ1v) is 4.78. The minimum Gasteiger partial charge on any atom is -0.478 e. The van der Waals surface area contributed by atoms with Crippen LogP contribution in [0.15, 0.2) is 12.3 Å². The van der Waals surface area contributed by atoms with Crippen LogP contribution in [-0.2, 0) is 4.79 Å². The Balaban J connectivity index is 3.07. The molecular formula is C7H13NO2S. The molecule has 0 saturated heterocycles. The monoisotopic (exact) mass is 175 g/mol. The van der Waals surface area contributed by atoms with E-state index in [9.17, 15) is 4.79 Å². The maximum atomic E-state index is 9.96. The molecule has 0 amide bonds. The molecule has 0 aromatic carbocycles. The van der Waals surface area contributed by atoms with E-state index in [1.807, 2.05) is 6.26 Å². The molecule has 0 atom stereocenters. The number of rotatable bonds is 6. The fourth-order valence-corrected chi connectivity index (χ4v) is 0.965. The molecule has 64 valence electrons. The molecule has 0 aromatic heterocycles. The van der Waals surface area contributed by atoms with Crippen molar-refractivity contribution < 1.29 is 9.90 Å². The second-order valence-electron chi connectivity index (χ2n) is 1.97. The smallest absolute Gasteiger partial charge is 0.329 e. The summed E-state index contributed by atoms with van der Waals surface area (Å²) in [5, 5.41) is 11.1. The summed E-state index contributed by atoms with van der Waals surface area (Å²) < 4.78 is 0. The van der Waals surface area contributed by atoms with Crippen molar-refractivity contribution in [1.29, 1.82) is 0 Å². The van der Waals surface area contributed by atoms with Crippen LogP contribution in [0.4, 0.5) is 0 Å². The van der Waals surface area contributed by atoms with Gasteiger partial charge in [0.05, 0.1) is 0 Å². The third kappa shape index (κ3) is 9.36. The van der Waals surface area contributed by atoms with Crippen LogP contribution in [0.2, 0.25) is 0 Å². The van der Waals surface area contributed by atoms with Crippen molar-refractivity contribution in [2.75, 3.05) is 18.6 Å². The molecule has 0 spiro atoms. The van der Waals surface area contributed by atoms with E-state index in [0.717, 1.165) is 24.8 Å². The van der Waals surface area contributed by atoms with Crippen LogP contribution in [0.5, 0.6) is 0 Å². The summed E-state index contributed by atoms with van der Waals surface area (Å²) >= 11 is 1.79. The highest BCUT2D eigenvalue weighted by atomic mass is 32.2. The van der Waals surface area contributed by atoms with E-state index in [2.05, 4.69) is 5.32 Å². The van der Waals surface area contributed by atoms with E-state index in [0.29, 0.717) is 0 Å². The molecule has 0 unspecified atom stereocenters. The highest BCUT2D eigenvalue weighted by Gasteiger charge is 1.84. The summed E-state index contributed by atoms with van der Waals surface area (Å²) in [6.07, 6.45) is 5.67. The Morgan fingerprint density at radius 2 is 2.45 bits per heavy atom. The SMILES string of the molecule is CSCCCN/C=C/C(=O)O. The van der Waals surface area contributed by atoms with E-state index in [-0.39, 0.29) is 0 Å². The molecule has 0 bridgehead atoms. The lowest BCUT2D eigenvalue weighted by atomic mass is 10.5. The Kier molecular flexibility index (Phi) is 7.03. The molecule has 4 heteroatoms. The van der Waals surface area contributed by atoms with Crippen LogP contribution in [0, 0.1) is 0 Å². The Bertz CT molecular complexity index is 136. The van der Waals surface area contributed by atoms with Crippen LogP contribution in [0.25, 0.3) is 0 Å². The van der Waals surface area contributed by atoms with Crippen LogP contribution in [-0.4, -0.2) is 29.6 Å².